The van der Waals surface area contributed by atoms with Gasteiger partial charge in [-0.15, -0.1) is 0 Å². The highest BCUT2D eigenvalue weighted by Gasteiger charge is 2.25. The molecule has 21 heavy (non-hydrogen) atoms. The Labute approximate surface area is 122 Å². The molecule has 0 fully saturated rings. The molecule has 1 aromatic carbocycles. The van der Waals surface area contributed by atoms with Crippen molar-refractivity contribution in [1.29, 1.82) is 0 Å². The minimum atomic E-state index is -1.12. The summed E-state index contributed by atoms with van der Waals surface area (Å²) in [5, 5.41) is 19.9. The molecule has 0 spiro atoms. The molecule has 7 heteroatoms. The number of carbonyl (C=O) groups is 2. The van der Waals surface area contributed by atoms with Crippen LogP contribution in [-0.4, -0.2) is 39.9 Å². The number of carboxylic acid groups (broad SMARTS) is 1. The van der Waals surface area contributed by atoms with Crippen molar-refractivity contribution in [2.24, 2.45) is 0 Å². The van der Waals surface area contributed by atoms with Gasteiger partial charge in [-0.3, -0.25) is 19.7 Å². The number of nitrogens with zero attached hydrogens (tertiary/aromatic N) is 2. The summed E-state index contributed by atoms with van der Waals surface area (Å²) in [7, 11) is 0. The van der Waals surface area contributed by atoms with Gasteiger partial charge in [-0.1, -0.05) is 12.1 Å². The molecule has 1 amide bonds. The van der Waals surface area contributed by atoms with Crippen LogP contribution >= 0.6 is 0 Å². The van der Waals surface area contributed by atoms with Crippen LogP contribution in [-0.2, 0) is 9.59 Å². The predicted molar refractivity (Wildman–Crippen MR) is 76.0 cm³/mol. The standard InChI is InChI=1S/C14H18N2O5/c1-3-15(4-2)13(17)9-12(14(18)19)10-5-7-11(8-6-10)16(20)21/h5-8,12H,3-4,9H2,1-2H3,(H,18,19). The number of benzene rings is 1. The van der Waals surface area contributed by atoms with E-state index in [9.17, 15) is 24.8 Å². The summed E-state index contributed by atoms with van der Waals surface area (Å²) in [6.45, 7) is 4.68. The second-order valence-electron chi connectivity index (χ2n) is 4.51. The number of carbonyl (C=O) groups excluding carboxylic acids is 1. The first-order valence-electron chi connectivity index (χ1n) is 6.65. The van der Waals surface area contributed by atoms with Gasteiger partial charge in [-0.05, 0) is 19.4 Å². The topological polar surface area (TPSA) is 101 Å². The lowest BCUT2D eigenvalue weighted by Crippen LogP contribution is -2.32. The molecule has 1 unspecified atom stereocenters. The maximum Gasteiger partial charge on any atom is 0.311 e. The first-order valence-corrected chi connectivity index (χ1v) is 6.65. The van der Waals surface area contributed by atoms with Crippen LogP contribution < -0.4 is 0 Å². The lowest BCUT2D eigenvalue weighted by Gasteiger charge is -2.21. The van der Waals surface area contributed by atoms with Crippen LogP contribution in [0.15, 0.2) is 24.3 Å². The fourth-order valence-electron chi connectivity index (χ4n) is 2.06. The van der Waals surface area contributed by atoms with Crippen molar-refractivity contribution in [2.75, 3.05) is 13.1 Å². The Morgan fingerprint density at radius 1 is 1.24 bits per heavy atom. The number of nitro benzene ring substituents is 1. The second-order valence-corrected chi connectivity index (χ2v) is 4.51. The molecule has 0 aliphatic rings. The van der Waals surface area contributed by atoms with Gasteiger partial charge in [0.1, 0.15) is 0 Å². The van der Waals surface area contributed by atoms with Crippen LogP contribution in [0.5, 0.6) is 0 Å². The minimum absolute atomic E-state index is 0.113. The largest absolute Gasteiger partial charge is 0.481 e. The molecule has 0 bridgehead atoms. The zero-order valence-electron chi connectivity index (χ0n) is 12.0. The van der Waals surface area contributed by atoms with E-state index in [0.717, 1.165) is 0 Å². The van der Waals surface area contributed by atoms with Crippen molar-refractivity contribution in [3.63, 3.8) is 0 Å². The van der Waals surface area contributed by atoms with Crippen LogP contribution in [0.3, 0.4) is 0 Å². The van der Waals surface area contributed by atoms with Crippen molar-refractivity contribution in [1.82, 2.24) is 4.90 Å². The molecule has 7 nitrogen and oxygen atoms in total. The minimum Gasteiger partial charge on any atom is -0.481 e. The molecule has 1 rings (SSSR count). The smallest absolute Gasteiger partial charge is 0.311 e. The fraction of sp³-hybridized carbons (Fsp3) is 0.429. The van der Waals surface area contributed by atoms with Crippen LogP contribution in [0.4, 0.5) is 5.69 Å². The Kier molecular flexibility index (Phi) is 5.83. The molecular formula is C14H18N2O5. The van der Waals surface area contributed by atoms with Crippen LogP contribution in [0.25, 0.3) is 0 Å². The van der Waals surface area contributed by atoms with E-state index in [4.69, 9.17) is 0 Å². The van der Waals surface area contributed by atoms with Gasteiger partial charge in [0, 0.05) is 31.6 Å². The summed E-state index contributed by atoms with van der Waals surface area (Å²) in [5.41, 5.74) is 0.270. The number of aliphatic carboxylic acids is 1. The SMILES string of the molecule is CCN(CC)C(=O)CC(C(=O)O)c1ccc([N+](=O)[O-])cc1. The van der Waals surface area contributed by atoms with Gasteiger partial charge in [0.15, 0.2) is 0 Å². The third kappa shape index (κ3) is 4.27. The van der Waals surface area contributed by atoms with E-state index >= 15 is 0 Å². The molecule has 114 valence electrons. The van der Waals surface area contributed by atoms with Crippen molar-refractivity contribution < 1.29 is 19.6 Å². The zero-order chi connectivity index (χ0) is 16.0. The van der Waals surface area contributed by atoms with E-state index in [1.165, 1.54) is 24.3 Å². The van der Waals surface area contributed by atoms with Crippen LogP contribution in [0.1, 0.15) is 31.7 Å². The average Bonchev–Trinajstić information content (AvgIpc) is 2.45. The molecule has 0 heterocycles. The van der Waals surface area contributed by atoms with E-state index in [1.807, 2.05) is 13.8 Å². The highest BCUT2D eigenvalue weighted by Crippen LogP contribution is 2.23. The molecule has 0 saturated heterocycles. The molecule has 0 saturated carbocycles. The number of amides is 1. The number of carboxylic acids is 1. The zero-order valence-corrected chi connectivity index (χ0v) is 12.0. The number of hydrogen-bond donors (Lipinski definition) is 1. The second kappa shape index (κ2) is 7.37. The molecule has 0 aliphatic carbocycles. The highest BCUT2D eigenvalue weighted by atomic mass is 16.6. The summed E-state index contributed by atoms with van der Waals surface area (Å²) in [4.78, 5) is 35.0. The van der Waals surface area contributed by atoms with Crippen LogP contribution in [0.2, 0.25) is 0 Å². The van der Waals surface area contributed by atoms with E-state index in [-0.39, 0.29) is 18.0 Å². The predicted octanol–water partition coefficient (Wildman–Crippen LogP) is 2.02. The fourth-order valence-corrected chi connectivity index (χ4v) is 2.06. The summed E-state index contributed by atoms with van der Waals surface area (Å²) in [6, 6.07) is 5.25. The monoisotopic (exact) mass is 294 g/mol. The van der Waals surface area contributed by atoms with E-state index in [1.54, 1.807) is 4.90 Å². The molecule has 1 aromatic rings. The Balaban J connectivity index is 2.94. The number of nitro groups is 1. The normalized spacial score (nSPS) is 11.7. The molecule has 0 aromatic heterocycles. The Morgan fingerprint density at radius 3 is 2.14 bits per heavy atom. The van der Waals surface area contributed by atoms with Crippen molar-refractivity contribution in [2.45, 2.75) is 26.2 Å². The van der Waals surface area contributed by atoms with E-state index < -0.39 is 16.8 Å². The van der Waals surface area contributed by atoms with E-state index in [2.05, 4.69) is 0 Å². The Bertz CT molecular complexity index is 523. The third-order valence-electron chi connectivity index (χ3n) is 3.30. The Hall–Kier alpha value is -2.44. The summed E-state index contributed by atoms with van der Waals surface area (Å²) >= 11 is 0. The maximum atomic E-state index is 12.0. The lowest BCUT2D eigenvalue weighted by molar-refractivity contribution is -0.384. The third-order valence-corrected chi connectivity index (χ3v) is 3.30. The summed E-state index contributed by atoms with van der Waals surface area (Å²) in [6.07, 6.45) is -0.158. The molecule has 0 aliphatic heterocycles. The summed E-state index contributed by atoms with van der Waals surface area (Å²) in [5.74, 6) is -2.37. The maximum absolute atomic E-state index is 12.0. The quantitative estimate of drug-likeness (QED) is 0.612. The number of rotatable bonds is 7. The van der Waals surface area contributed by atoms with Gasteiger partial charge >= 0.3 is 5.97 Å². The van der Waals surface area contributed by atoms with Crippen molar-refractivity contribution >= 4 is 17.6 Å². The average molecular weight is 294 g/mol. The molecule has 1 atom stereocenters. The van der Waals surface area contributed by atoms with Gasteiger partial charge in [0.05, 0.1) is 10.8 Å². The van der Waals surface area contributed by atoms with Gasteiger partial charge in [0.25, 0.3) is 5.69 Å². The van der Waals surface area contributed by atoms with Gasteiger partial charge in [-0.2, -0.15) is 0 Å². The van der Waals surface area contributed by atoms with Crippen molar-refractivity contribution in [3.05, 3.63) is 39.9 Å². The molecule has 0 radical (unpaired) electrons. The highest BCUT2D eigenvalue weighted by molar-refractivity contribution is 5.85. The van der Waals surface area contributed by atoms with Crippen LogP contribution in [0, 0.1) is 10.1 Å². The lowest BCUT2D eigenvalue weighted by atomic mass is 9.95. The molecule has 1 N–H and O–H groups in total. The Morgan fingerprint density at radius 2 is 1.76 bits per heavy atom. The first kappa shape index (κ1) is 16.6. The van der Waals surface area contributed by atoms with Gasteiger partial charge in [0.2, 0.25) is 5.91 Å². The van der Waals surface area contributed by atoms with Crippen molar-refractivity contribution in [3.8, 4) is 0 Å². The summed E-state index contributed by atoms with van der Waals surface area (Å²) < 4.78 is 0. The first-order chi connectivity index (χ1) is 9.90. The number of hydrogen-bond acceptors (Lipinski definition) is 4. The molecular weight excluding hydrogens is 276 g/mol. The van der Waals surface area contributed by atoms with Gasteiger partial charge in [-0.25, -0.2) is 0 Å². The van der Waals surface area contributed by atoms with Gasteiger partial charge < -0.3 is 10.0 Å². The number of non-ortho nitro benzene ring substituents is 1. The van der Waals surface area contributed by atoms with E-state index in [0.29, 0.717) is 18.7 Å².